The molecule has 0 saturated heterocycles. The minimum Gasteiger partial charge on any atom is -0.493 e. The molecule has 1 heterocycles. The highest BCUT2D eigenvalue weighted by Gasteiger charge is 2.16. The van der Waals surface area contributed by atoms with Gasteiger partial charge >= 0.3 is 0 Å². The van der Waals surface area contributed by atoms with Crippen molar-refractivity contribution < 1.29 is 18.8 Å². The van der Waals surface area contributed by atoms with E-state index in [2.05, 4.69) is 15.5 Å². The molecule has 2 aromatic rings. The predicted octanol–water partition coefficient (Wildman–Crippen LogP) is 2.24. The molecule has 1 aromatic carbocycles. The highest BCUT2D eigenvalue weighted by Crippen LogP contribution is 2.31. The van der Waals surface area contributed by atoms with Crippen LogP contribution in [0.5, 0.6) is 11.5 Å². The maximum Gasteiger partial charge on any atom is 0.255 e. The Labute approximate surface area is 140 Å². The maximum absolute atomic E-state index is 10.9. The number of methoxy groups -OCH3 is 1. The number of anilines is 1. The van der Waals surface area contributed by atoms with Crippen LogP contribution >= 0.6 is 0 Å². The van der Waals surface area contributed by atoms with E-state index in [0.717, 1.165) is 5.69 Å². The highest BCUT2D eigenvalue weighted by molar-refractivity contribution is 5.75. The summed E-state index contributed by atoms with van der Waals surface area (Å²) >= 11 is 0. The minimum absolute atomic E-state index is 0.192. The number of hydrogen-bond acceptors (Lipinski definition) is 7. The van der Waals surface area contributed by atoms with E-state index in [4.69, 9.17) is 19.7 Å². The van der Waals surface area contributed by atoms with Crippen LogP contribution < -0.4 is 20.5 Å². The van der Waals surface area contributed by atoms with Crippen LogP contribution in [-0.2, 0) is 4.79 Å². The van der Waals surface area contributed by atoms with E-state index < -0.39 is 5.91 Å². The van der Waals surface area contributed by atoms with Crippen molar-refractivity contribution in [3.63, 3.8) is 0 Å². The number of primary amides is 1. The van der Waals surface area contributed by atoms with Crippen LogP contribution in [0, 0.1) is 0 Å². The second-order valence-electron chi connectivity index (χ2n) is 5.63. The number of nitrogens with one attached hydrogen (secondary N) is 1. The van der Waals surface area contributed by atoms with Crippen LogP contribution in [0.25, 0.3) is 0 Å². The van der Waals surface area contributed by atoms with Gasteiger partial charge in [0.1, 0.15) is 6.04 Å². The van der Waals surface area contributed by atoms with Crippen molar-refractivity contribution in [3.05, 3.63) is 29.9 Å². The fourth-order valence-electron chi connectivity index (χ4n) is 2.00. The van der Waals surface area contributed by atoms with Gasteiger partial charge in [0.15, 0.2) is 23.9 Å². The van der Waals surface area contributed by atoms with Crippen LogP contribution in [0.3, 0.4) is 0 Å². The number of ether oxygens (including phenoxy) is 2. The molecule has 1 aromatic heterocycles. The van der Waals surface area contributed by atoms with E-state index >= 15 is 0 Å². The molecule has 0 unspecified atom stereocenters. The predicted molar refractivity (Wildman–Crippen MR) is 88.1 cm³/mol. The van der Waals surface area contributed by atoms with Gasteiger partial charge in [-0.1, -0.05) is 19.0 Å². The number of hydrogen-bond donors (Lipinski definition) is 2. The summed E-state index contributed by atoms with van der Waals surface area (Å²) < 4.78 is 15.8. The molecule has 0 bridgehead atoms. The average molecular weight is 334 g/mol. The molecule has 0 aliphatic heterocycles. The molecule has 0 aliphatic carbocycles. The van der Waals surface area contributed by atoms with E-state index in [-0.39, 0.29) is 18.6 Å². The highest BCUT2D eigenvalue weighted by atomic mass is 16.5. The quantitative estimate of drug-likeness (QED) is 0.761. The fraction of sp³-hybridized carbons (Fsp3) is 0.438. The number of nitrogens with two attached hydrogens (primary N) is 1. The zero-order valence-electron chi connectivity index (χ0n) is 14.2. The van der Waals surface area contributed by atoms with Gasteiger partial charge in [-0.3, -0.25) is 4.79 Å². The van der Waals surface area contributed by atoms with E-state index in [1.807, 2.05) is 26.8 Å². The first kappa shape index (κ1) is 17.6. The zero-order valence-corrected chi connectivity index (χ0v) is 14.2. The minimum atomic E-state index is -0.559. The lowest BCUT2D eigenvalue weighted by Crippen LogP contribution is -2.20. The van der Waals surface area contributed by atoms with Gasteiger partial charge in [0.05, 0.1) is 7.11 Å². The molecule has 8 nitrogen and oxygen atoms in total. The SMILES string of the molecule is COc1ccc(N[C@H](C)c2nc(C(C)C)no2)cc1OCC(N)=O. The van der Waals surface area contributed by atoms with Crippen LogP contribution in [-0.4, -0.2) is 29.8 Å². The molecule has 0 fully saturated rings. The summed E-state index contributed by atoms with van der Waals surface area (Å²) in [5.74, 6) is 1.73. The first-order valence-electron chi connectivity index (χ1n) is 7.60. The Morgan fingerprint density at radius 3 is 2.67 bits per heavy atom. The molecule has 1 amide bonds. The van der Waals surface area contributed by atoms with Crippen molar-refractivity contribution in [1.29, 1.82) is 0 Å². The number of nitrogens with zero attached hydrogens (tertiary/aromatic N) is 2. The Morgan fingerprint density at radius 1 is 1.33 bits per heavy atom. The largest absolute Gasteiger partial charge is 0.493 e. The van der Waals surface area contributed by atoms with Crippen molar-refractivity contribution in [3.8, 4) is 11.5 Å². The van der Waals surface area contributed by atoms with E-state index in [9.17, 15) is 4.79 Å². The number of amides is 1. The van der Waals surface area contributed by atoms with Crippen LogP contribution in [0.1, 0.15) is 44.4 Å². The van der Waals surface area contributed by atoms with E-state index in [1.165, 1.54) is 7.11 Å². The summed E-state index contributed by atoms with van der Waals surface area (Å²) in [4.78, 5) is 15.3. The normalized spacial score (nSPS) is 12.0. The maximum atomic E-state index is 10.9. The van der Waals surface area contributed by atoms with Gasteiger partial charge in [0.25, 0.3) is 5.91 Å². The third kappa shape index (κ3) is 4.37. The molecule has 2 rings (SSSR count). The molecule has 0 radical (unpaired) electrons. The van der Waals surface area contributed by atoms with Gasteiger partial charge in [-0.25, -0.2) is 0 Å². The monoisotopic (exact) mass is 334 g/mol. The van der Waals surface area contributed by atoms with Gasteiger partial charge in [-0.05, 0) is 19.1 Å². The molecule has 0 saturated carbocycles. The molecule has 130 valence electrons. The van der Waals surface area contributed by atoms with Gasteiger partial charge in [-0.15, -0.1) is 0 Å². The van der Waals surface area contributed by atoms with Crippen molar-refractivity contribution in [2.24, 2.45) is 5.73 Å². The Hall–Kier alpha value is -2.77. The summed E-state index contributed by atoms with van der Waals surface area (Å²) in [6, 6.07) is 5.09. The summed E-state index contributed by atoms with van der Waals surface area (Å²) in [6.07, 6.45) is 0. The number of aromatic nitrogens is 2. The average Bonchev–Trinajstić information content (AvgIpc) is 3.03. The van der Waals surface area contributed by atoms with Crippen LogP contribution in [0.4, 0.5) is 5.69 Å². The molecule has 0 aliphatic rings. The molecular weight excluding hydrogens is 312 g/mol. The van der Waals surface area contributed by atoms with Crippen molar-refractivity contribution in [2.45, 2.75) is 32.7 Å². The zero-order chi connectivity index (χ0) is 17.7. The Bertz CT molecular complexity index is 699. The molecular formula is C16H22N4O4. The van der Waals surface area contributed by atoms with Gasteiger partial charge in [0, 0.05) is 17.7 Å². The lowest BCUT2D eigenvalue weighted by molar-refractivity contribution is -0.119. The smallest absolute Gasteiger partial charge is 0.255 e. The van der Waals surface area contributed by atoms with Gasteiger partial charge in [-0.2, -0.15) is 4.98 Å². The molecule has 0 spiro atoms. The Kier molecular flexibility index (Phi) is 5.62. The summed E-state index contributed by atoms with van der Waals surface area (Å²) in [7, 11) is 1.52. The first-order valence-corrected chi connectivity index (χ1v) is 7.60. The summed E-state index contributed by atoms with van der Waals surface area (Å²) in [5.41, 5.74) is 5.86. The number of carbonyl (C=O) groups excluding carboxylic acids is 1. The first-order chi connectivity index (χ1) is 11.4. The Morgan fingerprint density at radius 2 is 2.08 bits per heavy atom. The van der Waals surface area contributed by atoms with Crippen molar-refractivity contribution >= 4 is 11.6 Å². The fourth-order valence-corrected chi connectivity index (χ4v) is 2.00. The Balaban J connectivity index is 2.12. The van der Waals surface area contributed by atoms with E-state index in [0.29, 0.717) is 23.2 Å². The molecule has 8 heteroatoms. The van der Waals surface area contributed by atoms with Crippen LogP contribution in [0.15, 0.2) is 22.7 Å². The number of rotatable bonds is 8. The summed E-state index contributed by atoms with van der Waals surface area (Å²) in [5, 5.41) is 7.19. The van der Waals surface area contributed by atoms with Gasteiger partial charge < -0.3 is 25.0 Å². The van der Waals surface area contributed by atoms with E-state index in [1.54, 1.807) is 12.1 Å². The van der Waals surface area contributed by atoms with Crippen LogP contribution in [0.2, 0.25) is 0 Å². The summed E-state index contributed by atoms with van der Waals surface area (Å²) in [6.45, 7) is 5.68. The topological polar surface area (TPSA) is 112 Å². The molecule has 1 atom stereocenters. The van der Waals surface area contributed by atoms with Gasteiger partial charge in [0.2, 0.25) is 5.89 Å². The van der Waals surface area contributed by atoms with Crippen molar-refractivity contribution in [2.75, 3.05) is 19.0 Å². The third-order valence-electron chi connectivity index (χ3n) is 3.26. The number of carbonyl (C=O) groups is 1. The standard InChI is InChI=1S/C16H22N4O4/c1-9(2)15-19-16(24-20-15)10(3)18-11-5-6-12(22-4)13(7-11)23-8-14(17)21/h5-7,9-10,18H,8H2,1-4H3,(H2,17,21)/t10-/m1/s1. The lowest BCUT2D eigenvalue weighted by atomic mass is 10.2. The lowest BCUT2D eigenvalue weighted by Gasteiger charge is -2.15. The second kappa shape index (κ2) is 7.67. The third-order valence-corrected chi connectivity index (χ3v) is 3.26. The van der Waals surface area contributed by atoms with Crippen molar-refractivity contribution in [1.82, 2.24) is 10.1 Å². The molecule has 24 heavy (non-hydrogen) atoms. The second-order valence-corrected chi connectivity index (χ2v) is 5.63. The molecule has 3 N–H and O–H groups in total. The number of benzene rings is 1.